The molecule has 21 heavy (non-hydrogen) atoms. The Labute approximate surface area is 139 Å². The maximum Gasteiger partial charge on any atom is 0.0850 e. The van der Waals surface area contributed by atoms with Crippen molar-refractivity contribution in [2.24, 2.45) is 7.05 Å². The molecule has 2 rings (SSSR count). The Morgan fingerprint density at radius 1 is 1.29 bits per heavy atom. The summed E-state index contributed by atoms with van der Waals surface area (Å²) in [6.45, 7) is 2.02. The molecule has 1 atom stereocenters. The van der Waals surface area contributed by atoms with Crippen LogP contribution in [0.2, 0.25) is 10.0 Å². The molecule has 0 aliphatic carbocycles. The molecule has 0 bridgehead atoms. The van der Waals surface area contributed by atoms with E-state index in [1.54, 1.807) is 16.4 Å². The van der Waals surface area contributed by atoms with Crippen molar-refractivity contribution in [2.45, 2.75) is 30.8 Å². The molecule has 0 saturated carbocycles. The second-order valence-electron chi connectivity index (χ2n) is 4.81. The van der Waals surface area contributed by atoms with Gasteiger partial charge in [0.05, 0.1) is 22.5 Å². The maximum atomic E-state index is 10.2. The Balaban J connectivity index is 1.94. The number of hydrogen-bond acceptors (Lipinski definition) is 3. The fourth-order valence-corrected chi connectivity index (χ4v) is 3.38. The Bertz CT molecular complexity index is 598. The van der Waals surface area contributed by atoms with E-state index >= 15 is 0 Å². The van der Waals surface area contributed by atoms with E-state index in [0.29, 0.717) is 22.2 Å². The molecule has 3 nitrogen and oxygen atoms in total. The van der Waals surface area contributed by atoms with E-state index in [2.05, 4.69) is 5.10 Å². The summed E-state index contributed by atoms with van der Waals surface area (Å²) in [6, 6.07) is 7.60. The van der Waals surface area contributed by atoms with Crippen molar-refractivity contribution in [1.29, 1.82) is 0 Å². The van der Waals surface area contributed by atoms with Crippen LogP contribution in [0.25, 0.3) is 0 Å². The van der Waals surface area contributed by atoms with E-state index in [1.807, 2.05) is 38.2 Å². The maximum absolute atomic E-state index is 10.2. The molecule has 0 amide bonds. The lowest BCUT2D eigenvalue weighted by Gasteiger charge is -2.11. The molecular weight excluding hydrogens is 327 g/mol. The molecule has 0 aliphatic rings. The average molecular weight is 345 g/mol. The first kappa shape index (κ1) is 16.7. The van der Waals surface area contributed by atoms with Gasteiger partial charge in [-0.1, -0.05) is 30.1 Å². The number of nitrogens with zero attached hydrogens (tertiary/aromatic N) is 2. The molecule has 114 valence electrons. The number of thioether (sulfide) groups is 1. The fourth-order valence-electron chi connectivity index (χ4n) is 2.05. The molecule has 1 heterocycles. The summed E-state index contributed by atoms with van der Waals surface area (Å²) in [6.07, 6.45) is 0.828. The molecule has 2 aromatic rings. The highest BCUT2D eigenvalue weighted by atomic mass is 35.5. The highest BCUT2D eigenvalue weighted by molar-refractivity contribution is 7.99. The lowest BCUT2D eigenvalue weighted by molar-refractivity contribution is 0.197. The molecule has 0 fully saturated rings. The first-order valence-electron chi connectivity index (χ1n) is 6.78. The van der Waals surface area contributed by atoms with Gasteiger partial charge in [-0.3, -0.25) is 4.68 Å². The van der Waals surface area contributed by atoms with Crippen molar-refractivity contribution in [2.75, 3.05) is 5.75 Å². The monoisotopic (exact) mass is 344 g/mol. The number of benzene rings is 1. The Morgan fingerprint density at radius 2 is 1.95 bits per heavy atom. The predicted octanol–water partition coefficient (Wildman–Crippen LogP) is 3.99. The summed E-state index contributed by atoms with van der Waals surface area (Å²) in [4.78, 5) is 1.09. The molecule has 6 heteroatoms. The quantitative estimate of drug-likeness (QED) is 0.805. The van der Waals surface area contributed by atoms with Gasteiger partial charge >= 0.3 is 0 Å². The zero-order valence-electron chi connectivity index (χ0n) is 12.0. The minimum atomic E-state index is -0.469. The van der Waals surface area contributed by atoms with E-state index < -0.39 is 6.10 Å². The van der Waals surface area contributed by atoms with Crippen LogP contribution < -0.4 is 0 Å². The van der Waals surface area contributed by atoms with Crippen LogP contribution in [0, 0.1) is 0 Å². The standard InChI is InChI=1S/C15H18Cl2N2OS/c1-3-13-15(17)14(19(2)18-13)8-11(20)9-21-12-6-4-10(16)5-7-12/h4-7,11,20H,3,8-9H2,1-2H3. The lowest BCUT2D eigenvalue weighted by atomic mass is 10.2. The van der Waals surface area contributed by atoms with Crippen molar-refractivity contribution >= 4 is 35.0 Å². The first-order chi connectivity index (χ1) is 10.0. The van der Waals surface area contributed by atoms with Crippen LogP contribution in [0.4, 0.5) is 0 Å². The third-order valence-corrected chi connectivity index (χ3v) is 5.03. The van der Waals surface area contributed by atoms with Crippen LogP contribution in [0.15, 0.2) is 29.2 Å². The summed E-state index contributed by atoms with van der Waals surface area (Å²) in [5.41, 5.74) is 1.77. The molecule has 0 spiro atoms. The summed E-state index contributed by atoms with van der Waals surface area (Å²) in [5.74, 6) is 0.602. The van der Waals surface area contributed by atoms with Gasteiger partial charge in [0.2, 0.25) is 0 Å². The minimum Gasteiger partial charge on any atom is -0.392 e. The van der Waals surface area contributed by atoms with Gasteiger partial charge in [-0.25, -0.2) is 0 Å². The Morgan fingerprint density at radius 3 is 2.52 bits per heavy atom. The predicted molar refractivity (Wildman–Crippen MR) is 89.5 cm³/mol. The third kappa shape index (κ3) is 4.39. The molecule has 0 radical (unpaired) electrons. The van der Waals surface area contributed by atoms with Gasteiger partial charge in [-0.15, -0.1) is 11.8 Å². The van der Waals surface area contributed by atoms with Gasteiger partial charge in [-0.2, -0.15) is 5.10 Å². The highest BCUT2D eigenvalue weighted by Gasteiger charge is 2.16. The molecule has 1 aromatic heterocycles. The van der Waals surface area contributed by atoms with E-state index in [0.717, 1.165) is 22.7 Å². The van der Waals surface area contributed by atoms with Crippen molar-refractivity contribution in [1.82, 2.24) is 9.78 Å². The van der Waals surface area contributed by atoms with Crippen molar-refractivity contribution in [3.05, 3.63) is 45.7 Å². The second-order valence-corrected chi connectivity index (χ2v) is 6.72. The normalized spacial score (nSPS) is 12.6. The van der Waals surface area contributed by atoms with E-state index in [9.17, 15) is 5.11 Å². The smallest absolute Gasteiger partial charge is 0.0850 e. The van der Waals surface area contributed by atoms with Gasteiger partial charge in [0.25, 0.3) is 0 Å². The Hall–Kier alpha value is -0.680. The first-order valence-corrected chi connectivity index (χ1v) is 8.52. The minimum absolute atomic E-state index is 0.469. The van der Waals surface area contributed by atoms with Crippen LogP contribution >= 0.6 is 35.0 Å². The fraction of sp³-hybridized carbons (Fsp3) is 0.400. The lowest BCUT2D eigenvalue weighted by Crippen LogP contribution is -2.16. The number of aromatic nitrogens is 2. The van der Waals surface area contributed by atoms with Gasteiger partial charge in [-0.05, 0) is 30.7 Å². The van der Waals surface area contributed by atoms with E-state index in [1.165, 1.54) is 0 Å². The number of halogens is 2. The van der Waals surface area contributed by atoms with Crippen molar-refractivity contribution in [3.8, 4) is 0 Å². The van der Waals surface area contributed by atoms with Crippen LogP contribution in [-0.4, -0.2) is 26.7 Å². The topological polar surface area (TPSA) is 38.0 Å². The van der Waals surface area contributed by atoms with Gasteiger partial charge < -0.3 is 5.11 Å². The second kappa shape index (κ2) is 7.54. The van der Waals surface area contributed by atoms with Gasteiger partial charge in [0, 0.05) is 29.1 Å². The molecule has 1 aromatic carbocycles. The zero-order valence-corrected chi connectivity index (χ0v) is 14.3. The van der Waals surface area contributed by atoms with Crippen LogP contribution in [-0.2, 0) is 19.9 Å². The van der Waals surface area contributed by atoms with E-state index in [4.69, 9.17) is 23.2 Å². The molecule has 1 N–H and O–H groups in total. The largest absolute Gasteiger partial charge is 0.392 e. The van der Waals surface area contributed by atoms with E-state index in [-0.39, 0.29) is 0 Å². The van der Waals surface area contributed by atoms with Crippen molar-refractivity contribution < 1.29 is 5.11 Å². The summed E-state index contributed by atoms with van der Waals surface area (Å²) in [7, 11) is 1.86. The van der Waals surface area contributed by atoms with Gasteiger partial charge in [0.1, 0.15) is 0 Å². The SMILES string of the molecule is CCc1nn(C)c(CC(O)CSc2ccc(Cl)cc2)c1Cl. The number of aliphatic hydroxyl groups excluding tert-OH is 1. The van der Waals surface area contributed by atoms with Crippen LogP contribution in [0.1, 0.15) is 18.3 Å². The Kier molecular flexibility index (Phi) is 5.99. The third-order valence-electron chi connectivity index (χ3n) is 3.19. The van der Waals surface area contributed by atoms with Gasteiger partial charge in [0.15, 0.2) is 0 Å². The molecular formula is C15H18Cl2N2OS. The zero-order chi connectivity index (χ0) is 15.4. The molecule has 1 unspecified atom stereocenters. The summed E-state index contributed by atoms with van der Waals surface area (Å²) < 4.78 is 1.76. The average Bonchev–Trinajstić information content (AvgIpc) is 2.74. The van der Waals surface area contributed by atoms with Crippen LogP contribution in [0.3, 0.4) is 0 Å². The number of hydrogen-bond donors (Lipinski definition) is 1. The summed E-state index contributed by atoms with van der Waals surface area (Å²) in [5, 5.41) is 16.0. The van der Waals surface area contributed by atoms with Crippen LogP contribution in [0.5, 0.6) is 0 Å². The molecule has 0 saturated heterocycles. The number of rotatable bonds is 6. The number of aliphatic hydroxyl groups is 1. The van der Waals surface area contributed by atoms with Crippen molar-refractivity contribution in [3.63, 3.8) is 0 Å². The summed E-state index contributed by atoms with van der Waals surface area (Å²) >= 11 is 13.7. The molecule has 0 aliphatic heterocycles. The number of aryl methyl sites for hydroxylation is 2. The highest BCUT2D eigenvalue weighted by Crippen LogP contribution is 2.25.